The molecule has 1 aromatic heterocycles. The van der Waals surface area contributed by atoms with Crippen LogP contribution >= 0.6 is 0 Å². The Labute approximate surface area is 94.2 Å². The van der Waals surface area contributed by atoms with Crippen LogP contribution in [0.5, 0.6) is 0 Å². The summed E-state index contributed by atoms with van der Waals surface area (Å²) in [6.07, 6.45) is 1.48. The number of carbonyl (C=O) groups excluding carboxylic acids is 1. The molecule has 1 amide bonds. The van der Waals surface area contributed by atoms with E-state index in [1.165, 1.54) is 6.33 Å². The lowest BCUT2D eigenvalue weighted by Gasteiger charge is -2.05. The zero-order chi connectivity index (χ0) is 11.8. The molecule has 0 saturated carbocycles. The van der Waals surface area contributed by atoms with Crippen molar-refractivity contribution in [3.8, 4) is 0 Å². The smallest absolute Gasteiger partial charge is 0.234 e. The molecule has 0 aliphatic rings. The lowest BCUT2D eigenvalue weighted by molar-refractivity contribution is -0.120. The monoisotopic (exact) mass is 227 g/mol. The van der Waals surface area contributed by atoms with Crippen LogP contribution in [0.1, 0.15) is 5.82 Å². The Kier molecular flexibility index (Phi) is 5.44. The number of aryl methyl sites for hydroxylation is 1. The molecule has 2 N–H and O–H groups in total. The standard InChI is InChI=1S/C9H17N5O2/c1-14-8(12-7-13-14)5-10-6-9(15)11-3-4-16-2/h7,10H,3-6H2,1-2H3,(H,11,15). The molecular weight excluding hydrogens is 210 g/mol. The second-order valence-corrected chi connectivity index (χ2v) is 3.25. The maximum absolute atomic E-state index is 11.3. The molecule has 0 fully saturated rings. The van der Waals surface area contributed by atoms with E-state index in [0.717, 1.165) is 5.82 Å². The van der Waals surface area contributed by atoms with E-state index in [0.29, 0.717) is 19.7 Å². The van der Waals surface area contributed by atoms with Crippen LogP contribution < -0.4 is 10.6 Å². The van der Waals surface area contributed by atoms with Crippen LogP contribution in [-0.2, 0) is 23.1 Å². The first kappa shape index (κ1) is 12.6. The van der Waals surface area contributed by atoms with E-state index < -0.39 is 0 Å². The molecule has 1 rings (SSSR count). The van der Waals surface area contributed by atoms with E-state index in [4.69, 9.17) is 4.74 Å². The maximum atomic E-state index is 11.3. The van der Waals surface area contributed by atoms with E-state index in [9.17, 15) is 4.79 Å². The quantitative estimate of drug-likeness (QED) is 0.564. The molecule has 0 atom stereocenters. The van der Waals surface area contributed by atoms with Gasteiger partial charge < -0.3 is 15.4 Å². The fourth-order valence-electron chi connectivity index (χ4n) is 1.12. The number of nitrogens with one attached hydrogen (secondary N) is 2. The number of amides is 1. The predicted molar refractivity (Wildman–Crippen MR) is 57.6 cm³/mol. The molecule has 7 heteroatoms. The zero-order valence-corrected chi connectivity index (χ0v) is 9.56. The molecule has 0 radical (unpaired) electrons. The second-order valence-electron chi connectivity index (χ2n) is 3.25. The van der Waals surface area contributed by atoms with Crippen LogP contribution in [0.15, 0.2) is 6.33 Å². The molecule has 16 heavy (non-hydrogen) atoms. The molecule has 1 heterocycles. The highest BCUT2D eigenvalue weighted by Crippen LogP contribution is 1.88. The third kappa shape index (κ3) is 4.37. The average Bonchev–Trinajstić information content (AvgIpc) is 2.65. The van der Waals surface area contributed by atoms with Crippen molar-refractivity contribution in [2.75, 3.05) is 26.8 Å². The number of rotatable bonds is 7. The summed E-state index contributed by atoms with van der Waals surface area (Å²) in [5, 5.41) is 9.61. The summed E-state index contributed by atoms with van der Waals surface area (Å²) in [6, 6.07) is 0. The largest absolute Gasteiger partial charge is 0.383 e. The van der Waals surface area contributed by atoms with Crippen LogP contribution in [0.2, 0.25) is 0 Å². The zero-order valence-electron chi connectivity index (χ0n) is 9.56. The van der Waals surface area contributed by atoms with Crippen LogP contribution in [0.3, 0.4) is 0 Å². The molecule has 7 nitrogen and oxygen atoms in total. The summed E-state index contributed by atoms with van der Waals surface area (Å²) in [5.41, 5.74) is 0. The summed E-state index contributed by atoms with van der Waals surface area (Å²) in [5.74, 6) is 0.740. The van der Waals surface area contributed by atoms with Crippen molar-refractivity contribution in [1.29, 1.82) is 0 Å². The summed E-state index contributed by atoms with van der Waals surface area (Å²) in [4.78, 5) is 15.3. The molecule has 0 saturated heterocycles. The number of nitrogens with zero attached hydrogens (tertiary/aromatic N) is 3. The fourth-order valence-corrected chi connectivity index (χ4v) is 1.12. The van der Waals surface area contributed by atoms with Crippen molar-refractivity contribution in [3.05, 3.63) is 12.2 Å². The Morgan fingerprint density at radius 1 is 1.62 bits per heavy atom. The van der Waals surface area contributed by atoms with Crippen LogP contribution in [0.4, 0.5) is 0 Å². The van der Waals surface area contributed by atoms with Gasteiger partial charge in [0.25, 0.3) is 0 Å². The van der Waals surface area contributed by atoms with Gasteiger partial charge in [0.2, 0.25) is 5.91 Å². The van der Waals surface area contributed by atoms with Crippen molar-refractivity contribution < 1.29 is 9.53 Å². The van der Waals surface area contributed by atoms with Gasteiger partial charge in [0.15, 0.2) is 0 Å². The molecule has 0 aliphatic heterocycles. The van der Waals surface area contributed by atoms with Crippen LogP contribution in [0, 0.1) is 0 Å². The predicted octanol–water partition coefficient (Wildman–Crippen LogP) is -1.33. The Morgan fingerprint density at radius 2 is 2.44 bits per heavy atom. The number of aromatic nitrogens is 3. The molecule has 1 aromatic rings. The molecule has 0 unspecified atom stereocenters. The molecule has 0 bridgehead atoms. The Hall–Kier alpha value is -1.47. The van der Waals surface area contributed by atoms with Gasteiger partial charge in [0, 0.05) is 20.7 Å². The van der Waals surface area contributed by atoms with Crippen LogP contribution in [-0.4, -0.2) is 47.5 Å². The van der Waals surface area contributed by atoms with Crippen molar-refractivity contribution in [1.82, 2.24) is 25.4 Å². The molecule has 0 aliphatic carbocycles. The SMILES string of the molecule is COCCNC(=O)CNCc1ncnn1C. The van der Waals surface area contributed by atoms with E-state index in [-0.39, 0.29) is 12.5 Å². The van der Waals surface area contributed by atoms with Gasteiger partial charge in [-0.05, 0) is 0 Å². The van der Waals surface area contributed by atoms with Gasteiger partial charge in [0.1, 0.15) is 12.2 Å². The van der Waals surface area contributed by atoms with Gasteiger partial charge in [-0.2, -0.15) is 5.10 Å². The third-order valence-corrected chi connectivity index (χ3v) is 2.00. The molecular formula is C9H17N5O2. The van der Waals surface area contributed by atoms with Crippen molar-refractivity contribution >= 4 is 5.91 Å². The first-order valence-corrected chi connectivity index (χ1v) is 5.03. The van der Waals surface area contributed by atoms with Crippen molar-refractivity contribution in [2.45, 2.75) is 6.54 Å². The number of methoxy groups -OCH3 is 1. The summed E-state index contributed by atoms with van der Waals surface area (Å²) < 4.78 is 6.48. The maximum Gasteiger partial charge on any atom is 0.234 e. The minimum Gasteiger partial charge on any atom is -0.383 e. The summed E-state index contributed by atoms with van der Waals surface area (Å²) in [7, 11) is 3.40. The minimum absolute atomic E-state index is 0.0563. The fraction of sp³-hybridized carbons (Fsp3) is 0.667. The van der Waals surface area contributed by atoms with Gasteiger partial charge in [-0.3, -0.25) is 9.48 Å². The van der Waals surface area contributed by atoms with Gasteiger partial charge in [-0.15, -0.1) is 0 Å². The van der Waals surface area contributed by atoms with Gasteiger partial charge >= 0.3 is 0 Å². The highest BCUT2D eigenvalue weighted by molar-refractivity contribution is 5.77. The number of ether oxygens (including phenoxy) is 1. The normalized spacial score (nSPS) is 10.4. The lowest BCUT2D eigenvalue weighted by atomic mass is 10.5. The molecule has 0 spiro atoms. The lowest BCUT2D eigenvalue weighted by Crippen LogP contribution is -2.35. The highest BCUT2D eigenvalue weighted by Gasteiger charge is 2.02. The topological polar surface area (TPSA) is 81.1 Å². The Balaban J connectivity index is 2.11. The van der Waals surface area contributed by atoms with E-state index in [1.807, 2.05) is 7.05 Å². The third-order valence-electron chi connectivity index (χ3n) is 2.00. The van der Waals surface area contributed by atoms with E-state index in [1.54, 1.807) is 11.8 Å². The molecule has 0 aromatic carbocycles. The van der Waals surface area contributed by atoms with E-state index in [2.05, 4.69) is 20.7 Å². The van der Waals surface area contributed by atoms with Gasteiger partial charge in [-0.1, -0.05) is 0 Å². The first-order chi connectivity index (χ1) is 7.74. The van der Waals surface area contributed by atoms with Crippen molar-refractivity contribution in [3.63, 3.8) is 0 Å². The first-order valence-electron chi connectivity index (χ1n) is 5.03. The highest BCUT2D eigenvalue weighted by atomic mass is 16.5. The minimum atomic E-state index is -0.0563. The summed E-state index contributed by atoms with van der Waals surface area (Å²) in [6.45, 7) is 1.83. The second kappa shape index (κ2) is 6.91. The van der Waals surface area contributed by atoms with Crippen LogP contribution in [0.25, 0.3) is 0 Å². The van der Waals surface area contributed by atoms with Crippen molar-refractivity contribution in [2.24, 2.45) is 7.05 Å². The van der Waals surface area contributed by atoms with Gasteiger partial charge in [-0.25, -0.2) is 4.98 Å². The van der Waals surface area contributed by atoms with Gasteiger partial charge in [0.05, 0.1) is 19.7 Å². The number of carbonyl (C=O) groups is 1. The Bertz CT molecular complexity index is 325. The number of hydrogen-bond donors (Lipinski definition) is 2. The summed E-state index contributed by atoms with van der Waals surface area (Å²) >= 11 is 0. The Morgan fingerprint density at radius 3 is 3.06 bits per heavy atom. The van der Waals surface area contributed by atoms with E-state index >= 15 is 0 Å². The number of hydrogen-bond acceptors (Lipinski definition) is 5. The molecule has 90 valence electrons. The average molecular weight is 227 g/mol.